The second-order valence-electron chi connectivity index (χ2n) is 7.59. The third-order valence-electron chi connectivity index (χ3n) is 6.02. The lowest BCUT2D eigenvalue weighted by Gasteiger charge is -2.28. The van der Waals surface area contributed by atoms with Crippen LogP contribution in [-0.4, -0.2) is 24.5 Å². The highest BCUT2D eigenvalue weighted by Gasteiger charge is 2.53. The average molecular weight is 262 g/mol. The molecule has 2 saturated heterocycles. The molecule has 3 nitrogen and oxygen atoms in total. The normalized spacial score (nSPS) is 39.1. The maximum absolute atomic E-state index is 12.1. The van der Waals surface area contributed by atoms with Crippen molar-refractivity contribution in [3.63, 3.8) is 0 Å². The highest BCUT2D eigenvalue weighted by atomic mass is 16.1. The van der Waals surface area contributed by atoms with E-state index in [1.165, 1.54) is 51.4 Å². The van der Waals surface area contributed by atoms with Gasteiger partial charge in [0.05, 0.1) is 0 Å². The Morgan fingerprint density at radius 3 is 2.37 bits per heavy atom. The molecule has 4 aliphatic rings. The number of fused-ring (bicyclic) bond motifs is 2. The minimum atomic E-state index is 0.318. The number of nitrogens with one attached hydrogen (secondary N) is 2. The summed E-state index contributed by atoms with van der Waals surface area (Å²) in [6.07, 6.45) is 11.4. The maximum atomic E-state index is 12.1. The van der Waals surface area contributed by atoms with Crippen LogP contribution in [0, 0.1) is 17.3 Å². The van der Waals surface area contributed by atoms with Gasteiger partial charge >= 0.3 is 0 Å². The fourth-order valence-electron chi connectivity index (χ4n) is 4.54. The molecule has 0 spiro atoms. The second kappa shape index (κ2) is 4.47. The second-order valence-corrected chi connectivity index (χ2v) is 7.59. The summed E-state index contributed by atoms with van der Waals surface area (Å²) >= 11 is 0. The van der Waals surface area contributed by atoms with Crippen LogP contribution >= 0.6 is 0 Å². The molecule has 2 atom stereocenters. The van der Waals surface area contributed by atoms with Crippen molar-refractivity contribution in [1.82, 2.24) is 10.6 Å². The zero-order chi connectivity index (χ0) is 12.9. The topological polar surface area (TPSA) is 41.1 Å². The van der Waals surface area contributed by atoms with Crippen LogP contribution in [0.1, 0.15) is 57.8 Å². The Labute approximate surface area is 115 Å². The zero-order valence-electron chi connectivity index (χ0n) is 11.8. The molecule has 0 aromatic carbocycles. The van der Waals surface area contributed by atoms with Crippen molar-refractivity contribution < 1.29 is 4.79 Å². The van der Waals surface area contributed by atoms with Gasteiger partial charge < -0.3 is 10.6 Å². The fraction of sp³-hybridized carbons (Fsp3) is 0.938. The van der Waals surface area contributed by atoms with Gasteiger partial charge in [0.15, 0.2) is 0 Å². The van der Waals surface area contributed by atoms with Crippen LogP contribution in [0.25, 0.3) is 0 Å². The molecular formula is C16H26N2O. The van der Waals surface area contributed by atoms with E-state index in [2.05, 4.69) is 10.6 Å². The van der Waals surface area contributed by atoms with E-state index < -0.39 is 0 Å². The van der Waals surface area contributed by atoms with Gasteiger partial charge in [-0.25, -0.2) is 0 Å². The minimum Gasteiger partial charge on any atom is -0.356 e. The third-order valence-corrected chi connectivity index (χ3v) is 6.02. The van der Waals surface area contributed by atoms with Gasteiger partial charge in [-0.15, -0.1) is 0 Å². The number of rotatable bonds is 5. The Morgan fingerprint density at radius 2 is 1.79 bits per heavy atom. The first kappa shape index (κ1) is 12.2. The molecule has 4 fully saturated rings. The average Bonchev–Trinajstić information content (AvgIpc) is 3.26. The first-order valence-corrected chi connectivity index (χ1v) is 8.26. The monoisotopic (exact) mass is 262 g/mol. The minimum absolute atomic E-state index is 0.318. The van der Waals surface area contributed by atoms with Gasteiger partial charge in [0, 0.05) is 25.0 Å². The van der Waals surface area contributed by atoms with Gasteiger partial charge in [0.25, 0.3) is 0 Å². The van der Waals surface area contributed by atoms with Gasteiger partial charge in [-0.1, -0.05) is 0 Å². The van der Waals surface area contributed by atoms with Crippen molar-refractivity contribution in [2.75, 3.05) is 6.54 Å². The molecule has 2 saturated carbocycles. The molecule has 0 radical (unpaired) electrons. The summed E-state index contributed by atoms with van der Waals surface area (Å²) in [6, 6.07) is 1.41. The largest absolute Gasteiger partial charge is 0.356 e. The summed E-state index contributed by atoms with van der Waals surface area (Å²) in [5.74, 6) is 1.90. The number of amides is 1. The Bertz CT molecular complexity index is 361. The first-order valence-electron chi connectivity index (χ1n) is 8.26. The molecule has 2 heterocycles. The summed E-state index contributed by atoms with van der Waals surface area (Å²) in [7, 11) is 0. The molecule has 2 aliphatic heterocycles. The number of hydrogen-bond donors (Lipinski definition) is 2. The van der Waals surface area contributed by atoms with E-state index in [4.69, 9.17) is 0 Å². The van der Waals surface area contributed by atoms with E-state index in [9.17, 15) is 4.79 Å². The van der Waals surface area contributed by atoms with E-state index in [-0.39, 0.29) is 0 Å². The number of piperidine rings is 1. The molecule has 19 heavy (non-hydrogen) atoms. The molecule has 2 N–H and O–H groups in total. The van der Waals surface area contributed by atoms with Crippen LogP contribution in [0.3, 0.4) is 0 Å². The van der Waals surface area contributed by atoms with Crippen molar-refractivity contribution >= 4 is 5.91 Å². The number of carbonyl (C=O) groups excluding carboxylic acids is 1. The third kappa shape index (κ3) is 2.54. The van der Waals surface area contributed by atoms with Gasteiger partial charge in [0.2, 0.25) is 5.91 Å². The molecule has 2 bridgehead atoms. The van der Waals surface area contributed by atoms with E-state index in [0.29, 0.717) is 29.3 Å². The van der Waals surface area contributed by atoms with E-state index in [1.54, 1.807) is 0 Å². The number of hydrogen-bond acceptors (Lipinski definition) is 2. The molecule has 1 amide bonds. The lowest BCUT2D eigenvalue weighted by Crippen LogP contribution is -2.40. The molecule has 2 aliphatic carbocycles. The molecule has 0 aromatic heterocycles. The van der Waals surface area contributed by atoms with Gasteiger partial charge in [-0.05, 0) is 68.6 Å². The number of carbonyl (C=O) groups is 1. The highest BCUT2D eigenvalue weighted by Crippen LogP contribution is 2.60. The molecule has 3 heteroatoms. The maximum Gasteiger partial charge on any atom is 0.220 e. The predicted octanol–water partition coefficient (Wildman–Crippen LogP) is 2.21. The SMILES string of the molecule is O=C(CC1CC2CCC(C1)N2)NCC1(C2CC2)CC1. The van der Waals surface area contributed by atoms with Crippen LogP contribution in [0.5, 0.6) is 0 Å². The van der Waals surface area contributed by atoms with Crippen LogP contribution in [0.15, 0.2) is 0 Å². The highest BCUT2D eigenvalue weighted by molar-refractivity contribution is 5.76. The lowest BCUT2D eigenvalue weighted by molar-refractivity contribution is -0.122. The Balaban J connectivity index is 1.23. The summed E-state index contributed by atoms with van der Waals surface area (Å²) in [4.78, 5) is 12.1. The van der Waals surface area contributed by atoms with Gasteiger partial charge in [-0.3, -0.25) is 4.79 Å². The first-order chi connectivity index (χ1) is 9.23. The fourth-order valence-corrected chi connectivity index (χ4v) is 4.54. The smallest absolute Gasteiger partial charge is 0.220 e. The Hall–Kier alpha value is -0.570. The molecule has 0 aromatic rings. The molecule has 106 valence electrons. The van der Waals surface area contributed by atoms with E-state index in [1.807, 2.05) is 0 Å². The molecule has 4 rings (SSSR count). The lowest BCUT2D eigenvalue weighted by atomic mass is 9.89. The predicted molar refractivity (Wildman–Crippen MR) is 74.7 cm³/mol. The van der Waals surface area contributed by atoms with Crippen molar-refractivity contribution in [3.8, 4) is 0 Å². The van der Waals surface area contributed by atoms with E-state index >= 15 is 0 Å². The molecule has 2 unspecified atom stereocenters. The summed E-state index contributed by atoms with van der Waals surface area (Å²) < 4.78 is 0. The van der Waals surface area contributed by atoms with E-state index in [0.717, 1.165) is 18.9 Å². The van der Waals surface area contributed by atoms with Crippen LogP contribution in [0.4, 0.5) is 0 Å². The van der Waals surface area contributed by atoms with Crippen LogP contribution in [0.2, 0.25) is 0 Å². The Kier molecular flexibility index (Phi) is 2.87. The van der Waals surface area contributed by atoms with Crippen LogP contribution in [-0.2, 0) is 4.79 Å². The van der Waals surface area contributed by atoms with Gasteiger partial charge in [-0.2, -0.15) is 0 Å². The summed E-state index contributed by atoms with van der Waals surface area (Å²) in [5.41, 5.74) is 0.544. The summed E-state index contributed by atoms with van der Waals surface area (Å²) in [5, 5.41) is 6.90. The summed E-state index contributed by atoms with van der Waals surface area (Å²) in [6.45, 7) is 0.967. The Morgan fingerprint density at radius 1 is 1.11 bits per heavy atom. The quantitative estimate of drug-likeness (QED) is 0.797. The van der Waals surface area contributed by atoms with Crippen molar-refractivity contribution in [3.05, 3.63) is 0 Å². The van der Waals surface area contributed by atoms with Gasteiger partial charge in [0.1, 0.15) is 0 Å². The molecular weight excluding hydrogens is 236 g/mol. The van der Waals surface area contributed by atoms with Crippen molar-refractivity contribution in [2.24, 2.45) is 17.3 Å². The van der Waals surface area contributed by atoms with Crippen molar-refractivity contribution in [1.29, 1.82) is 0 Å². The van der Waals surface area contributed by atoms with Crippen molar-refractivity contribution in [2.45, 2.75) is 69.9 Å². The standard InChI is InChI=1S/C16H26N2O/c19-15(17-10-16(5-6-16)12-1-2-12)9-11-7-13-3-4-14(8-11)18-13/h11-14,18H,1-10H2,(H,17,19). The van der Waals surface area contributed by atoms with Crippen LogP contribution < -0.4 is 10.6 Å². The zero-order valence-corrected chi connectivity index (χ0v) is 11.8.